The minimum Gasteiger partial charge on any atom is -0.497 e. The van der Waals surface area contributed by atoms with Crippen molar-refractivity contribution in [2.75, 3.05) is 7.11 Å². The van der Waals surface area contributed by atoms with E-state index in [1.807, 2.05) is 26.0 Å². The van der Waals surface area contributed by atoms with Crippen LogP contribution in [0.5, 0.6) is 5.75 Å². The third-order valence-corrected chi connectivity index (χ3v) is 3.86. The third kappa shape index (κ3) is 5.00. The molecule has 1 aromatic heterocycles. The number of hydrogen-bond donors (Lipinski definition) is 1. The lowest BCUT2D eigenvalue weighted by atomic mass is 10.0. The molecule has 1 heterocycles. The zero-order valence-electron chi connectivity index (χ0n) is 16.2. The number of hydrogen-bond acceptors (Lipinski definition) is 5. The molecule has 0 saturated carbocycles. The van der Waals surface area contributed by atoms with Crippen molar-refractivity contribution >= 4 is 22.8 Å². The highest BCUT2D eigenvalue weighted by Gasteiger charge is 2.29. The summed E-state index contributed by atoms with van der Waals surface area (Å²) in [5.74, 6) is -0.0810. The molecule has 0 aliphatic heterocycles. The molecule has 2 aromatic rings. The van der Waals surface area contributed by atoms with Gasteiger partial charge in [0.05, 0.1) is 19.8 Å². The Morgan fingerprint density at radius 3 is 2.50 bits per heavy atom. The van der Waals surface area contributed by atoms with Crippen LogP contribution >= 0.6 is 0 Å². The maximum absolute atomic E-state index is 12.5. The topological polar surface area (TPSA) is 77.8 Å². The molecular weight excluding hydrogens is 334 g/mol. The highest BCUT2D eigenvalue weighted by atomic mass is 16.6. The maximum atomic E-state index is 12.5. The summed E-state index contributed by atoms with van der Waals surface area (Å²) in [4.78, 5) is 24.8. The number of benzene rings is 1. The standard InChI is InChI=1S/C20H27NO5/c1-12(2)18(19(23)26-20(3,4)5)21-17(22)9-13-11-25-16-10-14(24-6)7-8-15(13)16/h7-8,10-12,18H,9H2,1-6H3,(H,21,22)/t18-/m1/s1. The van der Waals surface area contributed by atoms with E-state index < -0.39 is 17.6 Å². The third-order valence-electron chi connectivity index (χ3n) is 3.86. The molecule has 26 heavy (non-hydrogen) atoms. The Morgan fingerprint density at radius 2 is 1.92 bits per heavy atom. The summed E-state index contributed by atoms with van der Waals surface area (Å²) in [7, 11) is 1.58. The van der Waals surface area contributed by atoms with Gasteiger partial charge in [0.1, 0.15) is 23.0 Å². The molecule has 0 unspecified atom stereocenters. The molecule has 6 nitrogen and oxygen atoms in total. The first kappa shape index (κ1) is 19.8. The lowest BCUT2D eigenvalue weighted by Crippen LogP contribution is -2.47. The van der Waals surface area contributed by atoms with Crippen molar-refractivity contribution in [1.82, 2.24) is 5.32 Å². The van der Waals surface area contributed by atoms with E-state index in [0.29, 0.717) is 11.3 Å². The van der Waals surface area contributed by atoms with Crippen LogP contribution in [0.4, 0.5) is 0 Å². The van der Waals surface area contributed by atoms with E-state index in [2.05, 4.69) is 5.32 Å². The van der Waals surface area contributed by atoms with Crippen LogP contribution in [0.3, 0.4) is 0 Å². The van der Waals surface area contributed by atoms with Gasteiger partial charge in [-0.05, 0) is 38.8 Å². The smallest absolute Gasteiger partial charge is 0.329 e. The number of carbonyl (C=O) groups is 2. The predicted octanol–water partition coefficient (Wildman–Crippen LogP) is 3.47. The second kappa shape index (κ2) is 7.81. The molecule has 1 atom stereocenters. The number of rotatable bonds is 6. The molecular formula is C20H27NO5. The lowest BCUT2D eigenvalue weighted by molar-refractivity contribution is -0.159. The van der Waals surface area contributed by atoms with Crippen molar-refractivity contribution in [3.63, 3.8) is 0 Å². The normalized spacial score (nSPS) is 12.9. The Balaban J connectivity index is 2.10. The quantitative estimate of drug-likeness (QED) is 0.797. The second-order valence-corrected chi connectivity index (χ2v) is 7.62. The number of fused-ring (bicyclic) bond motifs is 1. The molecule has 0 saturated heterocycles. The molecule has 0 fully saturated rings. The van der Waals surface area contributed by atoms with E-state index in [4.69, 9.17) is 13.9 Å². The van der Waals surface area contributed by atoms with Crippen LogP contribution in [0.25, 0.3) is 11.0 Å². The summed E-state index contributed by atoms with van der Waals surface area (Å²) >= 11 is 0. The van der Waals surface area contributed by atoms with Gasteiger partial charge >= 0.3 is 5.97 Å². The molecule has 2 rings (SSSR count). The van der Waals surface area contributed by atoms with Crippen molar-refractivity contribution < 1.29 is 23.5 Å². The molecule has 0 aliphatic rings. The van der Waals surface area contributed by atoms with Crippen molar-refractivity contribution in [1.29, 1.82) is 0 Å². The van der Waals surface area contributed by atoms with E-state index in [-0.39, 0.29) is 18.2 Å². The van der Waals surface area contributed by atoms with Crippen molar-refractivity contribution in [3.8, 4) is 5.75 Å². The number of amides is 1. The highest BCUT2D eigenvalue weighted by molar-refractivity contribution is 5.90. The van der Waals surface area contributed by atoms with Gasteiger partial charge < -0.3 is 19.2 Å². The van der Waals surface area contributed by atoms with Gasteiger partial charge in [-0.1, -0.05) is 13.8 Å². The monoisotopic (exact) mass is 361 g/mol. The molecule has 142 valence electrons. The molecule has 0 bridgehead atoms. The maximum Gasteiger partial charge on any atom is 0.329 e. The van der Waals surface area contributed by atoms with Gasteiger partial charge in [-0.3, -0.25) is 4.79 Å². The zero-order valence-corrected chi connectivity index (χ0v) is 16.2. The molecule has 0 aliphatic carbocycles. The molecule has 1 amide bonds. The summed E-state index contributed by atoms with van der Waals surface area (Å²) in [5.41, 5.74) is 0.806. The average molecular weight is 361 g/mol. The molecule has 0 spiro atoms. The zero-order chi connectivity index (χ0) is 19.5. The van der Waals surface area contributed by atoms with Gasteiger partial charge in [-0.25, -0.2) is 4.79 Å². The summed E-state index contributed by atoms with van der Waals surface area (Å²) in [6.07, 6.45) is 1.67. The number of furan rings is 1. The Hall–Kier alpha value is -2.50. The van der Waals surface area contributed by atoms with Gasteiger partial charge in [0, 0.05) is 17.0 Å². The van der Waals surface area contributed by atoms with E-state index in [1.165, 1.54) is 0 Å². The van der Waals surface area contributed by atoms with E-state index in [1.54, 1.807) is 40.2 Å². The number of nitrogens with one attached hydrogen (secondary N) is 1. The van der Waals surface area contributed by atoms with Crippen molar-refractivity contribution in [3.05, 3.63) is 30.0 Å². The molecule has 6 heteroatoms. The van der Waals surface area contributed by atoms with Crippen LogP contribution < -0.4 is 10.1 Å². The number of methoxy groups -OCH3 is 1. The summed E-state index contributed by atoms with van der Waals surface area (Å²) < 4.78 is 16.1. The molecule has 1 aromatic carbocycles. The fourth-order valence-corrected chi connectivity index (χ4v) is 2.59. The van der Waals surface area contributed by atoms with Crippen LogP contribution in [0.15, 0.2) is 28.9 Å². The van der Waals surface area contributed by atoms with E-state index in [0.717, 1.165) is 10.9 Å². The highest BCUT2D eigenvalue weighted by Crippen LogP contribution is 2.26. The van der Waals surface area contributed by atoms with Gasteiger partial charge in [-0.15, -0.1) is 0 Å². The van der Waals surface area contributed by atoms with Crippen LogP contribution in [0.2, 0.25) is 0 Å². The Bertz CT molecular complexity index is 785. The van der Waals surface area contributed by atoms with Gasteiger partial charge in [0.2, 0.25) is 5.91 Å². The Kier molecular flexibility index (Phi) is 5.95. The molecule has 0 radical (unpaired) electrons. The minimum absolute atomic E-state index is 0.0841. The first-order chi connectivity index (χ1) is 12.1. The van der Waals surface area contributed by atoms with Gasteiger partial charge in [0.15, 0.2) is 0 Å². The Morgan fingerprint density at radius 1 is 1.23 bits per heavy atom. The summed E-state index contributed by atoms with van der Waals surface area (Å²) in [6, 6.07) is 4.75. The van der Waals surface area contributed by atoms with Crippen molar-refractivity contribution in [2.45, 2.75) is 52.7 Å². The number of esters is 1. The van der Waals surface area contributed by atoms with E-state index >= 15 is 0 Å². The number of ether oxygens (including phenoxy) is 2. The summed E-state index contributed by atoms with van der Waals surface area (Å²) in [6.45, 7) is 9.14. The van der Waals surface area contributed by atoms with Gasteiger partial charge in [0.25, 0.3) is 0 Å². The van der Waals surface area contributed by atoms with Gasteiger partial charge in [-0.2, -0.15) is 0 Å². The fourth-order valence-electron chi connectivity index (χ4n) is 2.59. The number of carbonyl (C=O) groups excluding carboxylic acids is 2. The SMILES string of the molecule is COc1ccc2c(CC(=O)N[C@@H](C(=O)OC(C)(C)C)C(C)C)coc2c1. The van der Waals surface area contributed by atoms with Crippen LogP contribution in [-0.4, -0.2) is 30.6 Å². The Labute approximate surface area is 153 Å². The van der Waals surface area contributed by atoms with E-state index in [9.17, 15) is 9.59 Å². The summed E-state index contributed by atoms with van der Waals surface area (Å²) in [5, 5.41) is 3.63. The van der Waals surface area contributed by atoms with Crippen LogP contribution in [0, 0.1) is 5.92 Å². The second-order valence-electron chi connectivity index (χ2n) is 7.62. The minimum atomic E-state index is -0.694. The van der Waals surface area contributed by atoms with Crippen LogP contribution in [0.1, 0.15) is 40.2 Å². The molecule has 1 N–H and O–H groups in total. The fraction of sp³-hybridized carbons (Fsp3) is 0.500. The average Bonchev–Trinajstić information content (AvgIpc) is 2.92. The lowest BCUT2D eigenvalue weighted by Gasteiger charge is -2.26. The predicted molar refractivity (Wildman–Crippen MR) is 99.1 cm³/mol. The first-order valence-electron chi connectivity index (χ1n) is 8.67. The largest absolute Gasteiger partial charge is 0.497 e. The van der Waals surface area contributed by atoms with Crippen molar-refractivity contribution in [2.24, 2.45) is 5.92 Å². The first-order valence-corrected chi connectivity index (χ1v) is 8.67. The van der Waals surface area contributed by atoms with Crippen LogP contribution in [-0.2, 0) is 20.7 Å².